The summed E-state index contributed by atoms with van der Waals surface area (Å²) >= 11 is 6.65. The SMILES string of the molecule is N#CCCCNC(=O)c1ccc(Br)cc1Br. The van der Waals surface area contributed by atoms with Crippen LogP contribution in [0.5, 0.6) is 0 Å². The van der Waals surface area contributed by atoms with Crippen LogP contribution < -0.4 is 5.32 Å². The first-order valence-corrected chi connectivity index (χ1v) is 6.34. The van der Waals surface area contributed by atoms with Crippen molar-refractivity contribution in [1.82, 2.24) is 5.32 Å². The molecule has 0 heterocycles. The minimum Gasteiger partial charge on any atom is -0.352 e. The predicted octanol–water partition coefficient (Wildman–Crippen LogP) is 3.25. The molecule has 0 saturated carbocycles. The van der Waals surface area contributed by atoms with Crippen LogP contribution >= 0.6 is 31.9 Å². The molecule has 1 N–H and O–H groups in total. The molecule has 0 fully saturated rings. The quantitative estimate of drug-likeness (QED) is 0.851. The van der Waals surface area contributed by atoms with Crippen molar-refractivity contribution < 1.29 is 4.79 Å². The van der Waals surface area contributed by atoms with E-state index in [-0.39, 0.29) is 5.91 Å². The first kappa shape index (κ1) is 13.2. The maximum absolute atomic E-state index is 11.7. The van der Waals surface area contributed by atoms with Gasteiger partial charge in [-0.3, -0.25) is 4.79 Å². The molecule has 0 spiro atoms. The van der Waals surface area contributed by atoms with E-state index in [9.17, 15) is 4.79 Å². The number of carbonyl (C=O) groups is 1. The Kier molecular flexibility index (Phi) is 5.50. The molecule has 0 radical (unpaired) electrons. The molecule has 0 aliphatic carbocycles. The number of nitrogens with zero attached hydrogens (tertiary/aromatic N) is 1. The van der Waals surface area contributed by atoms with Gasteiger partial charge in [-0.2, -0.15) is 5.26 Å². The summed E-state index contributed by atoms with van der Waals surface area (Å²) < 4.78 is 1.67. The zero-order chi connectivity index (χ0) is 12.0. The summed E-state index contributed by atoms with van der Waals surface area (Å²) in [5, 5.41) is 11.1. The second-order valence-electron chi connectivity index (χ2n) is 3.14. The van der Waals surface area contributed by atoms with E-state index < -0.39 is 0 Å². The lowest BCUT2D eigenvalue weighted by molar-refractivity contribution is 0.0952. The van der Waals surface area contributed by atoms with E-state index in [0.717, 1.165) is 8.95 Å². The van der Waals surface area contributed by atoms with E-state index in [1.54, 1.807) is 6.07 Å². The van der Waals surface area contributed by atoms with Crippen LogP contribution in [-0.4, -0.2) is 12.5 Å². The van der Waals surface area contributed by atoms with Crippen LogP contribution in [0, 0.1) is 11.3 Å². The summed E-state index contributed by atoms with van der Waals surface area (Å²) in [6.45, 7) is 0.523. The van der Waals surface area contributed by atoms with E-state index in [2.05, 4.69) is 37.2 Å². The molecule has 0 aliphatic heterocycles. The lowest BCUT2D eigenvalue weighted by Crippen LogP contribution is -2.24. The van der Waals surface area contributed by atoms with Gasteiger partial charge in [-0.25, -0.2) is 0 Å². The van der Waals surface area contributed by atoms with Gasteiger partial charge in [-0.15, -0.1) is 0 Å². The van der Waals surface area contributed by atoms with Crippen LogP contribution in [0.15, 0.2) is 27.1 Å². The van der Waals surface area contributed by atoms with Crippen molar-refractivity contribution in [1.29, 1.82) is 5.26 Å². The summed E-state index contributed by atoms with van der Waals surface area (Å²) in [6, 6.07) is 7.42. The number of amides is 1. The molecule has 1 amide bonds. The van der Waals surface area contributed by atoms with Crippen molar-refractivity contribution in [3.05, 3.63) is 32.7 Å². The molecule has 0 saturated heterocycles. The Bertz CT molecular complexity index is 426. The van der Waals surface area contributed by atoms with Crippen molar-refractivity contribution in [2.24, 2.45) is 0 Å². The lowest BCUT2D eigenvalue weighted by Gasteiger charge is -2.06. The molecule has 0 unspecified atom stereocenters. The number of nitriles is 1. The minimum absolute atomic E-state index is 0.127. The number of hydrogen-bond acceptors (Lipinski definition) is 2. The first-order valence-electron chi connectivity index (χ1n) is 4.75. The Morgan fingerprint density at radius 2 is 2.19 bits per heavy atom. The molecule has 1 aromatic rings. The molecule has 3 nitrogen and oxygen atoms in total. The number of carbonyl (C=O) groups excluding carboxylic acids is 1. The zero-order valence-electron chi connectivity index (χ0n) is 8.46. The molecule has 0 aromatic heterocycles. The van der Waals surface area contributed by atoms with Crippen LogP contribution in [0.3, 0.4) is 0 Å². The van der Waals surface area contributed by atoms with Gasteiger partial charge in [0.25, 0.3) is 5.91 Å². The second-order valence-corrected chi connectivity index (χ2v) is 4.91. The molecule has 16 heavy (non-hydrogen) atoms. The molecule has 0 atom stereocenters. The summed E-state index contributed by atoms with van der Waals surface area (Å²) in [4.78, 5) is 11.7. The highest BCUT2D eigenvalue weighted by atomic mass is 79.9. The molecule has 0 bridgehead atoms. The number of unbranched alkanes of at least 4 members (excludes halogenated alkanes) is 1. The second kappa shape index (κ2) is 6.66. The fraction of sp³-hybridized carbons (Fsp3) is 0.273. The van der Waals surface area contributed by atoms with Crippen molar-refractivity contribution in [3.63, 3.8) is 0 Å². The maximum Gasteiger partial charge on any atom is 0.252 e. The van der Waals surface area contributed by atoms with Crippen molar-refractivity contribution in [3.8, 4) is 6.07 Å². The van der Waals surface area contributed by atoms with Crippen LogP contribution in [0.1, 0.15) is 23.2 Å². The summed E-state index contributed by atoms with van der Waals surface area (Å²) in [5.74, 6) is -0.127. The van der Waals surface area contributed by atoms with Crippen molar-refractivity contribution in [2.75, 3.05) is 6.54 Å². The van der Waals surface area contributed by atoms with E-state index in [1.807, 2.05) is 18.2 Å². The highest BCUT2D eigenvalue weighted by molar-refractivity contribution is 9.11. The summed E-state index contributed by atoms with van der Waals surface area (Å²) in [5.41, 5.74) is 0.597. The molecular formula is C11H10Br2N2O. The molecule has 84 valence electrons. The van der Waals surface area contributed by atoms with E-state index in [4.69, 9.17) is 5.26 Å². The Balaban J connectivity index is 2.57. The fourth-order valence-corrected chi connectivity index (χ4v) is 2.37. The number of halogens is 2. The highest BCUT2D eigenvalue weighted by Gasteiger charge is 2.08. The predicted molar refractivity (Wildman–Crippen MR) is 69.0 cm³/mol. The van der Waals surface area contributed by atoms with Crippen LogP contribution in [0.25, 0.3) is 0 Å². The van der Waals surface area contributed by atoms with Crippen LogP contribution in [-0.2, 0) is 0 Å². The Morgan fingerprint density at radius 1 is 1.44 bits per heavy atom. The third-order valence-electron chi connectivity index (χ3n) is 1.93. The van der Waals surface area contributed by atoms with E-state index in [1.165, 1.54) is 0 Å². The maximum atomic E-state index is 11.7. The van der Waals surface area contributed by atoms with Gasteiger partial charge in [0.05, 0.1) is 11.6 Å². The molecular weight excluding hydrogens is 336 g/mol. The Hall–Kier alpha value is -0.860. The zero-order valence-corrected chi connectivity index (χ0v) is 11.6. The van der Waals surface area contributed by atoms with Gasteiger partial charge >= 0.3 is 0 Å². The number of nitrogens with one attached hydrogen (secondary N) is 1. The molecule has 0 aliphatic rings. The van der Waals surface area contributed by atoms with E-state index in [0.29, 0.717) is 24.9 Å². The highest BCUT2D eigenvalue weighted by Crippen LogP contribution is 2.21. The van der Waals surface area contributed by atoms with Gasteiger partial charge in [0, 0.05) is 21.9 Å². The molecule has 1 aromatic carbocycles. The normalized spacial score (nSPS) is 9.56. The van der Waals surface area contributed by atoms with Gasteiger partial charge < -0.3 is 5.32 Å². The van der Waals surface area contributed by atoms with E-state index >= 15 is 0 Å². The average Bonchev–Trinajstić information content (AvgIpc) is 2.24. The smallest absolute Gasteiger partial charge is 0.252 e. The Morgan fingerprint density at radius 3 is 2.81 bits per heavy atom. The standard InChI is InChI=1S/C11H10Br2N2O/c12-8-3-4-9(10(13)7-8)11(16)15-6-2-1-5-14/h3-4,7H,1-2,6H2,(H,15,16). The summed E-state index contributed by atoms with van der Waals surface area (Å²) in [6.07, 6.45) is 1.14. The third-order valence-corrected chi connectivity index (χ3v) is 3.08. The topological polar surface area (TPSA) is 52.9 Å². The van der Waals surface area contributed by atoms with Crippen LogP contribution in [0.2, 0.25) is 0 Å². The Labute approximate surface area is 111 Å². The summed E-state index contributed by atoms with van der Waals surface area (Å²) in [7, 11) is 0. The lowest BCUT2D eigenvalue weighted by atomic mass is 10.2. The largest absolute Gasteiger partial charge is 0.352 e. The fourth-order valence-electron chi connectivity index (χ4n) is 1.14. The van der Waals surface area contributed by atoms with Gasteiger partial charge in [0.2, 0.25) is 0 Å². The number of benzene rings is 1. The molecule has 5 heteroatoms. The van der Waals surface area contributed by atoms with Crippen molar-refractivity contribution in [2.45, 2.75) is 12.8 Å². The third kappa shape index (κ3) is 3.95. The number of rotatable bonds is 4. The van der Waals surface area contributed by atoms with Gasteiger partial charge in [0.15, 0.2) is 0 Å². The average molecular weight is 346 g/mol. The minimum atomic E-state index is -0.127. The van der Waals surface area contributed by atoms with Gasteiger partial charge in [0.1, 0.15) is 0 Å². The monoisotopic (exact) mass is 344 g/mol. The van der Waals surface area contributed by atoms with Gasteiger partial charge in [-0.05, 0) is 40.5 Å². The molecule has 1 rings (SSSR count). The first-order chi connectivity index (χ1) is 7.65. The van der Waals surface area contributed by atoms with Crippen molar-refractivity contribution >= 4 is 37.8 Å². The number of hydrogen-bond donors (Lipinski definition) is 1. The van der Waals surface area contributed by atoms with Crippen LogP contribution in [0.4, 0.5) is 0 Å². The van der Waals surface area contributed by atoms with Gasteiger partial charge in [-0.1, -0.05) is 15.9 Å².